The molecule has 0 radical (unpaired) electrons. The monoisotopic (exact) mass is 283 g/mol. The molecule has 0 aliphatic rings. The molecule has 0 unspecified atom stereocenters. The van der Waals surface area contributed by atoms with Crippen molar-refractivity contribution in [2.45, 2.75) is 20.3 Å². The lowest BCUT2D eigenvalue weighted by Crippen LogP contribution is -2.14. The van der Waals surface area contributed by atoms with Crippen molar-refractivity contribution in [3.63, 3.8) is 0 Å². The summed E-state index contributed by atoms with van der Waals surface area (Å²) in [5, 5.41) is 9.24. The van der Waals surface area contributed by atoms with Gasteiger partial charge in [0.1, 0.15) is 5.57 Å². The number of aliphatic hydroxyl groups excluding tert-OH is 1. The van der Waals surface area contributed by atoms with Gasteiger partial charge < -0.3 is 9.84 Å². The van der Waals surface area contributed by atoms with E-state index >= 15 is 0 Å². The molecule has 108 valence electrons. The Bertz CT molecular complexity index is 522. The second-order valence-electron chi connectivity index (χ2n) is 3.91. The molecule has 0 spiro atoms. The maximum absolute atomic E-state index is 12.5. The number of hydrogen-bond donors (Lipinski definition) is 1. The molecule has 6 heteroatoms. The molecule has 0 saturated carbocycles. The molecular formula is C14H15F2NO3. The van der Waals surface area contributed by atoms with Crippen LogP contribution in [0, 0.1) is 6.92 Å². The van der Waals surface area contributed by atoms with Gasteiger partial charge in [0.2, 0.25) is 0 Å². The highest BCUT2D eigenvalue weighted by atomic mass is 19.3. The number of esters is 1. The lowest BCUT2D eigenvalue weighted by Gasteiger charge is -2.05. The summed E-state index contributed by atoms with van der Waals surface area (Å²) in [7, 11) is 0. The van der Waals surface area contributed by atoms with E-state index in [-0.39, 0.29) is 6.61 Å². The Balaban J connectivity index is 3.04. The minimum absolute atomic E-state index is 0.0111. The SMILES string of the molecule is CCOC(=O)/C(C=Nc1ccc(C)cc1)=C(/O)C(F)F. The van der Waals surface area contributed by atoms with Crippen LogP contribution < -0.4 is 0 Å². The maximum atomic E-state index is 12.5. The van der Waals surface area contributed by atoms with Crippen LogP contribution in [-0.2, 0) is 9.53 Å². The molecule has 0 aliphatic carbocycles. The van der Waals surface area contributed by atoms with Crippen molar-refractivity contribution in [3.05, 3.63) is 41.2 Å². The summed E-state index contributed by atoms with van der Waals surface area (Å²) in [5.41, 5.74) is 0.836. The Morgan fingerprint density at radius 1 is 1.40 bits per heavy atom. The predicted molar refractivity (Wildman–Crippen MR) is 71.6 cm³/mol. The Morgan fingerprint density at radius 3 is 2.50 bits per heavy atom. The number of hydrogen-bond acceptors (Lipinski definition) is 4. The highest BCUT2D eigenvalue weighted by molar-refractivity contribution is 6.10. The molecule has 0 saturated heterocycles. The number of aliphatic imine (C=N–C) groups is 1. The lowest BCUT2D eigenvalue weighted by atomic mass is 10.2. The van der Waals surface area contributed by atoms with E-state index in [0.29, 0.717) is 5.69 Å². The fourth-order valence-electron chi connectivity index (χ4n) is 1.32. The van der Waals surface area contributed by atoms with Crippen LogP contribution in [-0.4, -0.2) is 30.3 Å². The molecule has 0 aromatic heterocycles. The van der Waals surface area contributed by atoms with Gasteiger partial charge in [-0.25, -0.2) is 13.6 Å². The average molecular weight is 283 g/mol. The van der Waals surface area contributed by atoms with Crippen LogP contribution in [0.2, 0.25) is 0 Å². The van der Waals surface area contributed by atoms with Gasteiger partial charge in [-0.2, -0.15) is 0 Å². The van der Waals surface area contributed by atoms with Crippen molar-refractivity contribution in [1.29, 1.82) is 0 Å². The minimum Gasteiger partial charge on any atom is -0.506 e. The quantitative estimate of drug-likeness (QED) is 0.390. The Hall–Kier alpha value is -2.24. The number of alkyl halides is 2. The first kappa shape index (κ1) is 15.8. The van der Waals surface area contributed by atoms with Gasteiger partial charge in [-0.1, -0.05) is 17.7 Å². The molecule has 0 bridgehead atoms. The van der Waals surface area contributed by atoms with Crippen molar-refractivity contribution in [1.82, 2.24) is 0 Å². The van der Waals surface area contributed by atoms with Gasteiger partial charge >= 0.3 is 5.97 Å². The number of carbonyl (C=O) groups excluding carboxylic acids is 1. The zero-order valence-corrected chi connectivity index (χ0v) is 11.1. The Morgan fingerprint density at radius 2 is 2.00 bits per heavy atom. The number of carbonyl (C=O) groups is 1. The highest BCUT2D eigenvalue weighted by Gasteiger charge is 2.21. The van der Waals surface area contributed by atoms with E-state index < -0.39 is 23.7 Å². The van der Waals surface area contributed by atoms with Crippen LogP contribution in [0.15, 0.2) is 40.6 Å². The topological polar surface area (TPSA) is 58.9 Å². The zero-order chi connectivity index (χ0) is 15.1. The molecule has 0 fully saturated rings. The van der Waals surface area contributed by atoms with Crippen LogP contribution in [0.1, 0.15) is 12.5 Å². The molecular weight excluding hydrogens is 268 g/mol. The van der Waals surface area contributed by atoms with Crippen molar-refractivity contribution >= 4 is 17.9 Å². The largest absolute Gasteiger partial charge is 0.506 e. The summed E-state index contributed by atoms with van der Waals surface area (Å²) in [5.74, 6) is -2.39. The molecule has 1 aromatic rings. The van der Waals surface area contributed by atoms with Crippen LogP contribution >= 0.6 is 0 Å². The number of allylic oxidation sites excluding steroid dienone is 1. The molecule has 0 atom stereocenters. The van der Waals surface area contributed by atoms with E-state index in [0.717, 1.165) is 11.8 Å². The molecule has 0 amide bonds. The molecule has 0 aliphatic heterocycles. The Labute approximate surface area is 115 Å². The number of benzene rings is 1. The van der Waals surface area contributed by atoms with E-state index in [2.05, 4.69) is 9.73 Å². The highest BCUT2D eigenvalue weighted by Crippen LogP contribution is 2.15. The van der Waals surface area contributed by atoms with Gasteiger partial charge in [-0.05, 0) is 26.0 Å². The lowest BCUT2D eigenvalue weighted by molar-refractivity contribution is -0.138. The van der Waals surface area contributed by atoms with E-state index in [1.54, 1.807) is 24.3 Å². The van der Waals surface area contributed by atoms with E-state index in [4.69, 9.17) is 0 Å². The van der Waals surface area contributed by atoms with E-state index in [1.165, 1.54) is 6.92 Å². The van der Waals surface area contributed by atoms with Gasteiger partial charge in [-0.3, -0.25) is 4.99 Å². The summed E-state index contributed by atoms with van der Waals surface area (Å²) < 4.78 is 29.6. The summed E-state index contributed by atoms with van der Waals surface area (Å²) in [6.45, 7) is 3.43. The van der Waals surface area contributed by atoms with Gasteiger partial charge in [-0.15, -0.1) is 0 Å². The summed E-state index contributed by atoms with van der Waals surface area (Å²) >= 11 is 0. The molecule has 1 aromatic carbocycles. The standard InChI is InChI=1S/C14H15F2NO3/c1-3-20-14(19)11(12(18)13(15)16)8-17-10-6-4-9(2)5-7-10/h4-8,13,18H,3H2,1-2H3/b12-11+,17-8?. The number of halogens is 2. The number of rotatable bonds is 5. The fourth-order valence-corrected chi connectivity index (χ4v) is 1.32. The van der Waals surface area contributed by atoms with Gasteiger partial charge in [0, 0.05) is 6.21 Å². The van der Waals surface area contributed by atoms with E-state index in [9.17, 15) is 18.7 Å². The van der Waals surface area contributed by atoms with Crippen molar-refractivity contribution in [3.8, 4) is 0 Å². The van der Waals surface area contributed by atoms with Crippen molar-refractivity contribution in [2.75, 3.05) is 6.61 Å². The van der Waals surface area contributed by atoms with Gasteiger partial charge in [0.15, 0.2) is 5.76 Å². The zero-order valence-electron chi connectivity index (χ0n) is 11.1. The first-order chi connectivity index (χ1) is 9.45. The third kappa shape index (κ3) is 4.46. The van der Waals surface area contributed by atoms with Crippen LogP contribution in [0.25, 0.3) is 0 Å². The summed E-state index contributed by atoms with van der Waals surface area (Å²) in [4.78, 5) is 15.4. The van der Waals surface area contributed by atoms with Gasteiger partial charge in [0.25, 0.3) is 6.43 Å². The molecule has 4 nitrogen and oxygen atoms in total. The third-order valence-corrected chi connectivity index (χ3v) is 2.35. The van der Waals surface area contributed by atoms with Crippen LogP contribution in [0.3, 0.4) is 0 Å². The number of aliphatic hydroxyl groups is 1. The number of ether oxygens (including phenoxy) is 1. The summed E-state index contributed by atoms with van der Waals surface area (Å²) in [6.07, 6.45) is -2.29. The fraction of sp³-hybridized carbons (Fsp3) is 0.286. The predicted octanol–water partition coefficient (Wildman–Crippen LogP) is 3.34. The number of nitrogens with zero attached hydrogens (tertiary/aromatic N) is 1. The molecule has 20 heavy (non-hydrogen) atoms. The smallest absolute Gasteiger partial charge is 0.343 e. The normalized spacial score (nSPS) is 12.7. The first-order valence-corrected chi connectivity index (χ1v) is 5.94. The molecule has 1 N–H and O–H groups in total. The van der Waals surface area contributed by atoms with Crippen LogP contribution in [0.4, 0.5) is 14.5 Å². The summed E-state index contributed by atoms with van der Waals surface area (Å²) in [6, 6.07) is 6.89. The molecule has 1 rings (SSSR count). The van der Waals surface area contributed by atoms with Gasteiger partial charge in [0.05, 0.1) is 12.3 Å². The first-order valence-electron chi connectivity index (χ1n) is 5.94. The van der Waals surface area contributed by atoms with E-state index in [1.807, 2.05) is 6.92 Å². The molecule has 0 heterocycles. The van der Waals surface area contributed by atoms with Crippen LogP contribution in [0.5, 0.6) is 0 Å². The third-order valence-electron chi connectivity index (χ3n) is 2.35. The average Bonchev–Trinajstić information content (AvgIpc) is 2.41. The number of aryl methyl sites for hydroxylation is 1. The second-order valence-corrected chi connectivity index (χ2v) is 3.91. The van der Waals surface area contributed by atoms with Crippen molar-refractivity contribution < 1.29 is 23.4 Å². The van der Waals surface area contributed by atoms with Crippen molar-refractivity contribution in [2.24, 2.45) is 4.99 Å². The maximum Gasteiger partial charge on any atom is 0.343 e. The Kier molecular flexibility index (Phi) is 5.83. The minimum atomic E-state index is -3.17. The second kappa shape index (κ2) is 7.37.